The first-order valence-electron chi connectivity index (χ1n) is 20.4. The highest BCUT2D eigenvalue weighted by atomic mass is 16.7. The molecule has 9 heteroatoms. The van der Waals surface area contributed by atoms with E-state index in [1.165, 1.54) is 25.7 Å². The quantitative estimate of drug-likeness (QED) is 0.0298. The lowest BCUT2D eigenvalue weighted by Crippen LogP contribution is -2.59. The molecule has 0 aliphatic carbocycles. The first-order valence-corrected chi connectivity index (χ1v) is 20.4. The van der Waals surface area contributed by atoms with Crippen molar-refractivity contribution in [2.45, 2.75) is 179 Å². The molecule has 0 amide bonds. The van der Waals surface area contributed by atoms with Gasteiger partial charge in [0.15, 0.2) is 6.29 Å². The molecule has 4 N–H and O–H groups in total. The molecule has 0 saturated carbocycles. The van der Waals surface area contributed by atoms with E-state index in [-0.39, 0.29) is 19.2 Å². The van der Waals surface area contributed by atoms with Crippen LogP contribution in [0.2, 0.25) is 0 Å². The van der Waals surface area contributed by atoms with Crippen LogP contribution in [0.1, 0.15) is 142 Å². The molecule has 52 heavy (non-hydrogen) atoms. The van der Waals surface area contributed by atoms with Crippen molar-refractivity contribution in [1.29, 1.82) is 0 Å². The van der Waals surface area contributed by atoms with Gasteiger partial charge < -0.3 is 39.4 Å². The number of esters is 1. The van der Waals surface area contributed by atoms with Crippen LogP contribution in [0, 0.1) is 0 Å². The minimum Gasteiger partial charge on any atom is -0.457 e. The molecule has 0 radical (unpaired) electrons. The van der Waals surface area contributed by atoms with E-state index in [0.717, 1.165) is 96.3 Å². The summed E-state index contributed by atoms with van der Waals surface area (Å²) >= 11 is 0. The molecule has 1 aliphatic rings. The number of aliphatic hydroxyl groups is 4. The number of hydrogen-bond donors (Lipinski definition) is 4. The van der Waals surface area contributed by atoms with Crippen LogP contribution in [0.25, 0.3) is 0 Å². The molecule has 6 atom stereocenters. The monoisotopic (exact) mass is 735 g/mol. The highest BCUT2D eigenvalue weighted by molar-refractivity contribution is 5.69. The second kappa shape index (κ2) is 34.6. The molecule has 1 rings (SSSR count). The Morgan fingerprint density at radius 2 is 1.17 bits per heavy atom. The third kappa shape index (κ3) is 25.8. The highest BCUT2D eigenvalue weighted by Gasteiger charge is 2.44. The zero-order valence-electron chi connectivity index (χ0n) is 32.5. The molecule has 6 unspecified atom stereocenters. The van der Waals surface area contributed by atoms with E-state index in [0.29, 0.717) is 13.0 Å². The molecule has 9 nitrogen and oxygen atoms in total. The van der Waals surface area contributed by atoms with E-state index in [2.05, 4.69) is 74.6 Å². The maximum atomic E-state index is 12.7. The molecule has 1 saturated heterocycles. The summed E-state index contributed by atoms with van der Waals surface area (Å²) in [4.78, 5) is 12.7. The smallest absolute Gasteiger partial charge is 0.306 e. The fourth-order valence-corrected chi connectivity index (χ4v) is 5.70. The largest absolute Gasteiger partial charge is 0.457 e. The van der Waals surface area contributed by atoms with Crippen molar-refractivity contribution in [3.05, 3.63) is 60.8 Å². The lowest BCUT2D eigenvalue weighted by molar-refractivity contribution is -0.305. The first-order chi connectivity index (χ1) is 25.4. The molecule has 1 heterocycles. The zero-order valence-corrected chi connectivity index (χ0v) is 32.5. The van der Waals surface area contributed by atoms with Gasteiger partial charge in [-0.1, -0.05) is 126 Å². The Bertz CT molecular complexity index is 974. The first kappa shape index (κ1) is 47.9. The number of unbranched alkanes of at least 4 members (excludes halogenated alkanes) is 12. The van der Waals surface area contributed by atoms with Crippen molar-refractivity contribution in [3.8, 4) is 0 Å². The van der Waals surface area contributed by atoms with Gasteiger partial charge in [0, 0.05) is 13.0 Å². The number of carbonyl (C=O) groups is 1. The summed E-state index contributed by atoms with van der Waals surface area (Å²) in [5.74, 6) is -0.335. The van der Waals surface area contributed by atoms with Crippen LogP contribution in [0.3, 0.4) is 0 Å². The van der Waals surface area contributed by atoms with Gasteiger partial charge >= 0.3 is 5.97 Å². The highest BCUT2D eigenvalue weighted by Crippen LogP contribution is 2.22. The van der Waals surface area contributed by atoms with Crippen LogP contribution in [0.15, 0.2) is 60.8 Å². The van der Waals surface area contributed by atoms with Gasteiger partial charge in [-0.05, 0) is 70.6 Å². The second-order valence-electron chi connectivity index (χ2n) is 13.7. The lowest BCUT2D eigenvalue weighted by Gasteiger charge is -2.39. The molecule has 0 aromatic heterocycles. The van der Waals surface area contributed by atoms with Crippen LogP contribution in [0.4, 0.5) is 0 Å². The molecule has 0 spiro atoms. The maximum absolute atomic E-state index is 12.7. The van der Waals surface area contributed by atoms with Gasteiger partial charge in [0.2, 0.25) is 0 Å². The van der Waals surface area contributed by atoms with Crippen molar-refractivity contribution in [1.82, 2.24) is 0 Å². The van der Waals surface area contributed by atoms with E-state index in [1.54, 1.807) is 0 Å². The summed E-state index contributed by atoms with van der Waals surface area (Å²) in [5, 5.41) is 40.0. The average Bonchev–Trinajstić information content (AvgIpc) is 3.14. The number of allylic oxidation sites excluding steroid dienone is 10. The Kier molecular flexibility index (Phi) is 31.9. The zero-order chi connectivity index (χ0) is 37.9. The molecule has 0 aromatic rings. The number of ether oxygens (including phenoxy) is 4. The van der Waals surface area contributed by atoms with Crippen LogP contribution in [-0.2, 0) is 23.7 Å². The Morgan fingerprint density at radius 3 is 1.79 bits per heavy atom. The summed E-state index contributed by atoms with van der Waals surface area (Å²) < 4.78 is 22.7. The van der Waals surface area contributed by atoms with Gasteiger partial charge in [-0.2, -0.15) is 0 Å². The van der Waals surface area contributed by atoms with Crippen LogP contribution in [0.5, 0.6) is 0 Å². The van der Waals surface area contributed by atoms with Crippen molar-refractivity contribution in [2.24, 2.45) is 0 Å². The number of aliphatic hydroxyl groups excluding tert-OH is 4. The van der Waals surface area contributed by atoms with E-state index < -0.39 is 43.4 Å². The summed E-state index contributed by atoms with van der Waals surface area (Å²) in [7, 11) is 0. The molecule has 0 aromatic carbocycles. The average molecular weight is 735 g/mol. The normalized spacial score (nSPS) is 21.8. The van der Waals surface area contributed by atoms with Gasteiger partial charge in [-0.15, -0.1) is 0 Å². The summed E-state index contributed by atoms with van der Waals surface area (Å²) in [6, 6.07) is 0. The summed E-state index contributed by atoms with van der Waals surface area (Å²) in [6.07, 6.45) is 35.3. The van der Waals surface area contributed by atoms with Gasteiger partial charge in [0.05, 0.1) is 19.8 Å². The predicted molar refractivity (Wildman–Crippen MR) is 210 cm³/mol. The van der Waals surface area contributed by atoms with E-state index in [9.17, 15) is 25.2 Å². The van der Waals surface area contributed by atoms with Crippen molar-refractivity contribution in [3.63, 3.8) is 0 Å². The van der Waals surface area contributed by atoms with Crippen LogP contribution >= 0.6 is 0 Å². The Hall–Kier alpha value is -2.11. The molecule has 0 bridgehead atoms. The summed E-state index contributed by atoms with van der Waals surface area (Å²) in [6.45, 7) is 4.33. The lowest BCUT2D eigenvalue weighted by atomic mass is 9.99. The minimum atomic E-state index is -1.54. The molecule has 1 aliphatic heterocycles. The third-order valence-electron chi connectivity index (χ3n) is 8.92. The van der Waals surface area contributed by atoms with Crippen LogP contribution in [-0.4, -0.2) is 89.6 Å². The van der Waals surface area contributed by atoms with Gasteiger partial charge in [0.25, 0.3) is 0 Å². The minimum absolute atomic E-state index is 0.126. The van der Waals surface area contributed by atoms with Crippen molar-refractivity contribution < 1.29 is 44.2 Å². The topological polar surface area (TPSA) is 135 Å². The standard InChI is InChI=1S/C43H74O9/c1-3-5-7-9-11-13-15-16-17-18-19-20-21-23-25-27-29-31-33-49-35-37(36-50-43-42(48)41(47)40(46)38(34-44)52-43)51-39(45)32-30-28-26-24-22-14-12-10-8-6-4-2/h5,7,10-13,16-17,19-20,37-38,40-44,46-48H,3-4,6,8-9,14-15,18,21-36H2,1-2H3/b7-5-,12-10-,13-11-,17-16-,20-19-. The molecule has 1 fully saturated rings. The van der Waals surface area contributed by atoms with Gasteiger partial charge in [0.1, 0.15) is 30.5 Å². The van der Waals surface area contributed by atoms with Crippen molar-refractivity contribution in [2.75, 3.05) is 26.4 Å². The fraction of sp³-hybridized carbons (Fsp3) is 0.744. The van der Waals surface area contributed by atoms with E-state index in [1.807, 2.05) is 0 Å². The SMILES string of the molecule is CC/C=C\C/C=C\C/C=C\C/C=C\CCCCCCCOCC(COC1OC(CO)C(O)C(O)C1O)OC(=O)CCCCCCC/C=C\CCCC. The van der Waals surface area contributed by atoms with Gasteiger partial charge in [-0.25, -0.2) is 0 Å². The third-order valence-corrected chi connectivity index (χ3v) is 8.92. The van der Waals surface area contributed by atoms with E-state index in [4.69, 9.17) is 18.9 Å². The molecule has 300 valence electrons. The van der Waals surface area contributed by atoms with Gasteiger partial charge in [-0.3, -0.25) is 4.79 Å². The second-order valence-corrected chi connectivity index (χ2v) is 13.7. The number of rotatable bonds is 33. The summed E-state index contributed by atoms with van der Waals surface area (Å²) in [5.41, 5.74) is 0. The Morgan fingerprint density at radius 1 is 0.635 bits per heavy atom. The number of hydrogen-bond acceptors (Lipinski definition) is 9. The van der Waals surface area contributed by atoms with E-state index >= 15 is 0 Å². The molecular weight excluding hydrogens is 660 g/mol. The fourth-order valence-electron chi connectivity index (χ4n) is 5.70. The molecular formula is C43H74O9. The Balaban J connectivity index is 2.32. The predicted octanol–water partition coefficient (Wildman–Crippen LogP) is 8.35. The maximum Gasteiger partial charge on any atom is 0.306 e. The van der Waals surface area contributed by atoms with Crippen molar-refractivity contribution >= 4 is 5.97 Å². The Labute approximate surface area is 315 Å². The number of carbonyl (C=O) groups excluding carboxylic acids is 1. The van der Waals surface area contributed by atoms with Crippen LogP contribution < -0.4 is 0 Å².